The lowest BCUT2D eigenvalue weighted by molar-refractivity contribution is 0.564. The number of guanidine groups is 1. The smallest absolute Gasteiger partial charge is 0.192 e. The minimum atomic E-state index is 0.543. The van der Waals surface area contributed by atoms with Crippen LogP contribution in [0.2, 0.25) is 0 Å². The van der Waals surface area contributed by atoms with E-state index in [1.54, 1.807) is 12.5 Å². The van der Waals surface area contributed by atoms with Crippen molar-refractivity contribution >= 4 is 5.96 Å². The van der Waals surface area contributed by atoms with Crippen LogP contribution < -0.4 is 10.6 Å². The van der Waals surface area contributed by atoms with Gasteiger partial charge in [0.2, 0.25) is 0 Å². The van der Waals surface area contributed by atoms with Crippen LogP contribution in [0.5, 0.6) is 0 Å². The van der Waals surface area contributed by atoms with Crippen LogP contribution in [0.1, 0.15) is 30.1 Å². The van der Waals surface area contributed by atoms with Gasteiger partial charge in [-0.15, -0.1) is 10.2 Å². The van der Waals surface area contributed by atoms with E-state index >= 15 is 0 Å². The van der Waals surface area contributed by atoms with Gasteiger partial charge in [0.1, 0.15) is 5.82 Å². The molecule has 0 saturated heterocycles. The van der Waals surface area contributed by atoms with Gasteiger partial charge >= 0.3 is 0 Å². The Labute approximate surface area is 123 Å². The first-order valence-corrected chi connectivity index (χ1v) is 7.13. The third-order valence-electron chi connectivity index (χ3n) is 3.51. The number of furan rings is 1. The van der Waals surface area contributed by atoms with Crippen LogP contribution in [0, 0.1) is 6.92 Å². The topological polar surface area (TPSA) is 80.3 Å². The van der Waals surface area contributed by atoms with Crippen LogP contribution in [0.3, 0.4) is 0 Å². The molecule has 0 aliphatic heterocycles. The number of hydrogen-bond donors (Lipinski definition) is 2. The van der Waals surface area contributed by atoms with E-state index in [4.69, 9.17) is 4.42 Å². The van der Waals surface area contributed by atoms with Gasteiger partial charge in [-0.3, -0.25) is 0 Å². The maximum atomic E-state index is 5.06. The molecule has 21 heavy (non-hydrogen) atoms. The lowest BCUT2D eigenvalue weighted by Gasteiger charge is -2.11. The van der Waals surface area contributed by atoms with Gasteiger partial charge in [-0.1, -0.05) is 0 Å². The first-order chi connectivity index (χ1) is 10.2. The monoisotopic (exact) mass is 288 g/mol. The summed E-state index contributed by atoms with van der Waals surface area (Å²) >= 11 is 0. The Kier molecular flexibility index (Phi) is 3.89. The van der Waals surface area contributed by atoms with Gasteiger partial charge in [0, 0.05) is 18.7 Å². The van der Waals surface area contributed by atoms with Gasteiger partial charge in [-0.25, -0.2) is 4.99 Å². The molecule has 0 unspecified atom stereocenters. The highest BCUT2D eigenvalue weighted by atomic mass is 16.3. The summed E-state index contributed by atoms with van der Waals surface area (Å²) in [6, 6.07) is 2.46. The molecule has 3 rings (SSSR count). The van der Waals surface area contributed by atoms with Crippen LogP contribution in [0.15, 0.2) is 28.0 Å². The third kappa shape index (κ3) is 3.62. The van der Waals surface area contributed by atoms with E-state index in [-0.39, 0.29) is 0 Å². The third-order valence-corrected chi connectivity index (χ3v) is 3.51. The maximum absolute atomic E-state index is 5.06. The SMILES string of the molecule is Cc1nnc(CNC(=NCc2ccoc2)NC2CC2)n1C. The number of aromatic nitrogens is 3. The largest absolute Gasteiger partial charge is 0.472 e. The molecule has 112 valence electrons. The van der Waals surface area contributed by atoms with E-state index in [0.29, 0.717) is 19.1 Å². The molecule has 0 bridgehead atoms. The van der Waals surface area contributed by atoms with E-state index in [1.165, 1.54) is 12.8 Å². The van der Waals surface area contributed by atoms with E-state index in [1.807, 2.05) is 24.6 Å². The van der Waals surface area contributed by atoms with E-state index in [2.05, 4.69) is 25.8 Å². The van der Waals surface area contributed by atoms with Gasteiger partial charge in [-0.2, -0.15) is 0 Å². The van der Waals surface area contributed by atoms with Crippen molar-refractivity contribution in [3.05, 3.63) is 35.8 Å². The molecule has 7 heteroatoms. The van der Waals surface area contributed by atoms with Crippen molar-refractivity contribution < 1.29 is 4.42 Å². The number of rotatable bonds is 5. The lowest BCUT2D eigenvalue weighted by Crippen LogP contribution is -2.38. The van der Waals surface area contributed by atoms with Crippen molar-refractivity contribution in [1.82, 2.24) is 25.4 Å². The molecule has 1 aliphatic rings. The highest BCUT2D eigenvalue weighted by Gasteiger charge is 2.22. The van der Waals surface area contributed by atoms with E-state index < -0.39 is 0 Å². The summed E-state index contributed by atoms with van der Waals surface area (Å²) in [5, 5.41) is 14.9. The van der Waals surface area contributed by atoms with Crippen LogP contribution in [-0.4, -0.2) is 26.8 Å². The highest BCUT2D eigenvalue weighted by molar-refractivity contribution is 5.80. The predicted octanol–water partition coefficient (Wildman–Crippen LogP) is 1.11. The fourth-order valence-electron chi connectivity index (χ4n) is 1.89. The Bertz CT molecular complexity index is 611. The lowest BCUT2D eigenvalue weighted by atomic mass is 10.3. The zero-order chi connectivity index (χ0) is 14.7. The average molecular weight is 288 g/mol. The fraction of sp³-hybridized carbons (Fsp3) is 0.500. The van der Waals surface area contributed by atoms with E-state index in [9.17, 15) is 0 Å². The summed E-state index contributed by atoms with van der Waals surface area (Å²) in [5.41, 5.74) is 1.06. The second-order valence-corrected chi connectivity index (χ2v) is 5.29. The molecule has 0 atom stereocenters. The number of nitrogens with zero attached hydrogens (tertiary/aromatic N) is 4. The summed E-state index contributed by atoms with van der Waals surface area (Å²) < 4.78 is 7.03. The standard InChI is InChI=1S/C14H20N6O/c1-10-18-19-13(20(10)2)8-16-14(17-12-3-4-12)15-7-11-5-6-21-9-11/h5-6,9,12H,3-4,7-8H2,1-2H3,(H2,15,16,17). The van der Waals surface area contributed by atoms with E-state index in [0.717, 1.165) is 23.2 Å². The van der Waals surface area contributed by atoms with Crippen molar-refractivity contribution in [3.63, 3.8) is 0 Å². The summed E-state index contributed by atoms with van der Waals surface area (Å²) in [5.74, 6) is 2.60. The molecule has 2 N–H and O–H groups in total. The molecule has 7 nitrogen and oxygen atoms in total. The fourth-order valence-corrected chi connectivity index (χ4v) is 1.89. The van der Waals surface area contributed by atoms with Gasteiger partial charge < -0.3 is 19.6 Å². The molecule has 1 aliphatic carbocycles. The van der Waals surface area contributed by atoms with Gasteiger partial charge in [0.15, 0.2) is 11.8 Å². The van der Waals surface area contributed by atoms with Crippen LogP contribution in [-0.2, 0) is 20.1 Å². The Morgan fingerprint density at radius 1 is 1.48 bits per heavy atom. The molecule has 1 saturated carbocycles. The highest BCUT2D eigenvalue weighted by Crippen LogP contribution is 2.18. The Morgan fingerprint density at radius 3 is 2.95 bits per heavy atom. The zero-order valence-corrected chi connectivity index (χ0v) is 12.3. The Hall–Kier alpha value is -2.31. The maximum Gasteiger partial charge on any atom is 0.192 e. The van der Waals surface area contributed by atoms with Crippen LogP contribution in [0.25, 0.3) is 0 Å². The number of hydrogen-bond acceptors (Lipinski definition) is 4. The molecule has 0 spiro atoms. The molecule has 1 fully saturated rings. The van der Waals surface area contributed by atoms with Crippen molar-refractivity contribution in [2.75, 3.05) is 0 Å². The van der Waals surface area contributed by atoms with Gasteiger partial charge in [0.25, 0.3) is 0 Å². The minimum Gasteiger partial charge on any atom is -0.472 e. The average Bonchev–Trinajstić information content (AvgIpc) is 3.03. The summed E-state index contributed by atoms with van der Waals surface area (Å²) in [4.78, 5) is 4.57. The molecule has 0 aromatic carbocycles. The second-order valence-electron chi connectivity index (χ2n) is 5.29. The normalized spacial score (nSPS) is 15.2. The van der Waals surface area contributed by atoms with Crippen molar-refractivity contribution in [2.45, 2.75) is 38.9 Å². The Morgan fingerprint density at radius 2 is 2.33 bits per heavy atom. The Balaban J connectivity index is 1.61. The molecule has 0 amide bonds. The zero-order valence-electron chi connectivity index (χ0n) is 12.3. The minimum absolute atomic E-state index is 0.543. The first kappa shape index (κ1) is 13.7. The second kappa shape index (κ2) is 5.99. The van der Waals surface area contributed by atoms with Gasteiger partial charge in [0.05, 0.1) is 25.6 Å². The molecule has 2 aromatic rings. The predicted molar refractivity (Wildman–Crippen MR) is 78.6 cm³/mol. The molecular weight excluding hydrogens is 268 g/mol. The number of aliphatic imine (C=N–C) groups is 1. The van der Waals surface area contributed by atoms with Crippen molar-refractivity contribution in [2.24, 2.45) is 12.0 Å². The first-order valence-electron chi connectivity index (χ1n) is 7.13. The quantitative estimate of drug-likeness (QED) is 0.636. The molecular formula is C14H20N6O. The molecule has 0 radical (unpaired) electrons. The number of aryl methyl sites for hydroxylation is 1. The van der Waals surface area contributed by atoms with Gasteiger partial charge in [-0.05, 0) is 25.8 Å². The number of nitrogens with one attached hydrogen (secondary N) is 2. The summed E-state index contributed by atoms with van der Waals surface area (Å²) in [6.07, 6.45) is 5.78. The van der Waals surface area contributed by atoms with Crippen LogP contribution >= 0.6 is 0 Å². The summed E-state index contributed by atoms with van der Waals surface area (Å²) in [6.45, 7) is 3.13. The molecule has 2 heterocycles. The van der Waals surface area contributed by atoms with Crippen molar-refractivity contribution in [3.8, 4) is 0 Å². The van der Waals surface area contributed by atoms with Crippen LogP contribution in [0.4, 0.5) is 0 Å². The van der Waals surface area contributed by atoms with Crippen molar-refractivity contribution in [1.29, 1.82) is 0 Å². The molecule has 2 aromatic heterocycles. The summed E-state index contributed by atoms with van der Waals surface area (Å²) in [7, 11) is 1.96.